The quantitative estimate of drug-likeness (QED) is 0.514. The number of aryl methyl sites for hydroxylation is 1. The molecule has 2 aromatic rings. The summed E-state index contributed by atoms with van der Waals surface area (Å²) in [5.74, 6) is 1.13. The van der Waals surface area contributed by atoms with Gasteiger partial charge in [0.15, 0.2) is 18.1 Å². The maximum Gasteiger partial charge on any atom is 0.330 e. The number of carbonyl (C=O) groups excluding carboxylic acids is 2. The maximum atomic E-state index is 12.8. The van der Waals surface area contributed by atoms with Crippen molar-refractivity contribution in [1.82, 2.24) is 0 Å². The molecule has 7 heteroatoms. The third kappa shape index (κ3) is 4.92. The molecule has 1 amide bonds. The molecule has 0 atom stereocenters. The maximum absolute atomic E-state index is 12.8. The van der Waals surface area contributed by atoms with Crippen LogP contribution in [0.2, 0.25) is 0 Å². The summed E-state index contributed by atoms with van der Waals surface area (Å²) >= 11 is 0. The number of esters is 1. The Labute approximate surface area is 175 Å². The fourth-order valence-corrected chi connectivity index (χ4v) is 3.32. The lowest BCUT2D eigenvalue weighted by Crippen LogP contribution is -2.38. The summed E-state index contributed by atoms with van der Waals surface area (Å²) in [7, 11) is 4.47. The number of fused-ring (bicyclic) bond motifs is 1. The van der Waals surface area contributed by atoms with E-state index in [0.717, 1.165) is 35.4 Å². The van der Waals surface area contributed by atoms with E-state index in [9.17, 15) is 9.59 Å². The molecule has 0 unspecified atom stereocenters. The third-order valence-corrected chi connectivity index (χ3v) is 4.86. The SMILES string of the molecule is COC(=O)/C=C/c1ccc(OCC(=O)N2CCCc3cc(OC)ccc32)c(OC)c1. The van der Waals surface area contributed by atoms with E-state index in [0.29, 0.717) is 18.0 Å². The first kappa shape index (κ1) is 21.2. The summed E-state index contributed by atoms with van der Waals surface area (Å²) < 4.78 is 21.0. The first-order chi connectivity index (χ1) is 14.5. The first-order valence-corrected chi connectivity index (χ1v) is 9.60. The van der Waals surface area contributed by atoms with Crippen molar-refractivity contribution >= 4 is 23.6 Å². The van der Waals surface area contributed by atoms with E-state index < -0.39 is 5.97 Å². The average molecular weight is 411 g/mol. The average Bonchev–Trinajstić information content (AvgIpc) is 2.80. The van der Waals surface area contributed by atoms with Crippen molar-refractivity contribution in [1.29, 1.82) is 0 Å². The zero-order valence-electron chi connectivity index (χ0n) is 17.3. The summed E-state index contributed by atoms with van der Waals surface area (Å²) in [6.45, 7) is 0.537. The monoisotopic (exact) mass is 411 g/mol. The number of hydrogen-bond acceptors (Lipinski definition) is 6. The molecule has 0 N–H and O–H groups in total. The molecule has 2 aromatic carbocycles. The second-order valence-corrected chi connectivity index (χ2v) is 6.70. The molecule has 1 aliphatic heterocycles. The van der Waals surface area contributed by atoms with Gasteiger partial charge in [0.2, 0.25) is 0 Å². The second kappa shape index (κ2) is 9.82. The summed E-state index contributed by atoms with van der Waals surface area (Å²) in [4.78, 5) is 25.8. The number of anilines is 1. The van der Waals surface area contributed by atoms with Crippen LogP contribution in [0.4, 0.5) is 5.69 Å². The Bertz CT molecular complexity index is 953. The lowest BCUT2D eigenvalue weighted by Gasteiger charge is -2.29. The van der Waals surface area contributed by atoms with E-state index in [1.807, 2.05) is 18.2 Å². The Balaban J connectivity index is 1.69. The summed E-state index contributed by atoms with van der Waals surface area (Å²) in [5, 5.41) is 0. The van der Waals surface area contributed by atoms with Crippen molar-refractivity contribution in [2.24, 2.45) is 0 Å². The van der Waals surface area contributed by atoms with Crippen LogP contribution < -0.4 is 19.1 Å². The molecule has 158 valence electrons. The van der Waals surface area contributed by atoms with E-state index in [4.69, 9.17) is 14.2 Å². The van der Waals surface area contributed by atoms with Gasteiger partial charge in [-0.25, -0.2) is 4.79 Å². The fraction of sp³-hybridized carbons (Fsp3) is 0.304. The van der Waals surface area contributed by atoms with Gasteiger partial charge >= 0.3 is 5.97 Å². The van der Waals surface area contributed by atoms with Crippen LogP contribution in [-0.4, -0.2) is 46.4 Å². The highest BCUT2D eigenvalue weighted by Gasteiger charge is 2.23. The standard InChI is InChI=1S/C23H25NO6/c1-27-18-8-9-19-17(14-18)5-4-12-24(19)22(25)15-30-20-10-6-16(13-21(20)28-2)7-11-23(26)29-3/h6-11,13-14H,4-5,12,15H2,1-3H3/b11-7+. The Morgan fingerprint density at radius 2 is 1.87 bits per heavy atom. The van der Waals surface area contributed by atoms with Crippen LogP contribution >= 0.6 is 0 Å². The number of carbonyl (C=O) groups is 2. The van der Waals surface area contributed by atoms with Gasteiger partial charge in [-0.15, -0.1) is 0 Å². The molecule has 7 nitrogen and oxygen atoms in total. The molecule has 0 saturated heterocycles. The molecule has 1 heterocycles. The molecule has 3 rings (SSSR count). The Morgan fingerprint density at radius 3 is 2.60 bits per heavy atom. The Kier molecular flexibility index (Phi) is 6.95. The number of rotatable bonds is 7. The smallest absolute Gasteiger partial charge is 0.330 e. The molecule has 0 aromatic heterocycles. The molecule has 30 heavy (non-hydrogen) atoms. The van der Waals surface area contributed by atoms with Crippen molar-refractivity contribution in [3.8, 4) is 17.2 Å². The highest BCUT2D eigenvalue weighted by atomic mass is 16.5. The third-order valence-electron chi connectivity index (χ3n) is 4.86. The zero-order valence-corrected chi connectivity index (χ0v) is 17.3. The number of hydrogen-bond donors (Lipinski definition) is 0. The van der Waals surface area contributed by atoms with Gasteiger partial charge in [0.1, 0.15) is 5.75 Å². The summed E-state index contributed by atoms with van der Waals surface area (Å²) in [6, 6.07) is 10.9. The van der Waals surface area contributed by atoms with Crippen molar-refractivity contribution in [2.75, 3.05) is 39.4 Å². The van der Waals surface area contributed by atoms with Crippen LogP contribution in [0.3, 0.4) is 0 Å². The molecule has 0 fully saturated rings. The Hall–Kier alpha value is -3.48. The lowest BCUT2D eigenvalue weighted by atomic mass is 10.0. The highest BCUT2D eigenvalue weighted by molar-refractivity contribution is 5.95. The molecule has 0 radical (unpaired) electrons. The first-order valence-electron chi connectivity index (χ1n) is 9.60. The van der Waals surface area contributed by atoms with E-state index >= 15 is 0 Å². The van der Waals surface area contributed by atoms with E-state index in [2.05, 4.69) is 4.74 Å². The normalized spacial score (nSPS) is 13.0. The van der Waals surface area contributed by atoms with Crippen LogP contribution in [0.1, 0.15) is 17.5 Å². The lowest BCUT2D eigenvalue weighted by molar-refractivity contribution is -0.134. The number of amides is 1. The highest BCUT2D eigenvalue weighted by Crippen LogP contribution is 2.32. The summed E-state index contributed by atoms with van der Waals surface area (Å²) in [5.41, 5.74) is 2.73. The van der Waals surface area contributed by atoms with Crippen molar-refractivity contribution in [2.45, 2.75) is 12.8 Å². The van der Waals surface area contributed by atoms with Gasteiger partial charge in [-0.2, -0.15) is 0 Å². The molecular formula is C23H25NO6. The van der Waals surface area contributed by atoms with Crippen molar-refractivity contribution < 1.29 is 28.5 Å². The van der Waals surface area contributed by atoms with Crippen LogP contribution in [0, 0.1) is 0 Å². The zero-order chi connectivity index (χ0) is 21.5. The topological polar surface area (TPSA) is 74.3 Å². The van der Waals surface area contributed by atoms with Crippen molar-refractivity contribution in [3.05, 3.63) is 53.6 Å². The second-order valence-electron chi connectivity index (χ2n) is 6.70. The van der Waals surface area contributed by atoms with Gasteiger partial charge in [0.25, 0.3) is 5.91 Å². The Morgan fingerprint density at radius 1 is 1.03 bits per heavy atom. The molecule has 0 aliphatic carbocycles. The van der Waals surface area contributed by atoms with Gasteiger partial charge in [-0.1, -0.05) is 6.07 Å². The van der Waals surface area contributed by atoms with Crippen LogP contribution in [-0.2, 0) is 20.7 Å². The predicted octanol–water partition coefficient (Wildman–Crippen LogP) is 3.25. The summed E-state index contributed by atoms with van der Waals surface area (Å²) in [6.07, 6.45) is 4.73. The fourth-order valence-electron chi connectivity index (χ4n) is 3.32. The largest absolute Gasteiger partial charge is 0.497 e. The van der Waals surface area contributed by atoms with E-state index in [-0.39, 0.29) is 12.5 Å². The van der Waals surface area contributed by atoms with Gasteiger partial charge in [-0.3, -0.25) is 4.79 Å². The number of nitrogens with zero attached hydrogens (tertiary/aromatic N) is 1. The van der Waals surface area contributed by atoms with Gasteiger partial charge in [0, 0.05) is 18.3 Å². The molecule has 0 saturated carbocycles. The predicted molar refractivity (Wildman–Crippen MR) is 113 cm³/mol. The molecule has 0 spiro atoms. The van der Waals surface area contributed by atoms with Crippen LogP contribution in [0.15, 0.2) is 42.5 Å². The van der Waals surface area contributed by atoms with Crippen LogP contribution in [0.25, 0.3) is 6.08 Å². The molecule has 1 aliphatic rings. The minimum absolute atomic E-state index is 0.112. The number of ether oxygens (including phenoxy) is 4. The van der Waals surface area contributed by atoms with Gasteiger partial charge in [0.05, 0.1) is 21.3 Å². The molecular weight excluding hydrogens is 386 g/mol. The van der Waals surface area contributed by atoms with Crippen LogP contribution in [0.5, 0.6) is 17.2 Å². The minimum atomic E-state index is -0.445. The van der Waals surface area contributed by atoms with Gasteiger partial charge in [-0.05, 0) is 60.4 Å². The number of benzene rings is 2. The van der Waals surface area contributed by atoms with Gasteiger partial charge < -0.3 is 23.8 Å². The number of methoxy groups -OCH3 is 3. The minimum Gasteiger partial charge on any atom is -0.497 e. The van der Waals surface area contributed by atoms with E-state index in [1.165, 1.54) is 20.3 Å². The molecule has 0 bridgehead atoms. The van der Waals surface area contributed by atoms with E-state index in [1.54, 1.807) is 36.3 Å². The van der Waals surface area contributed by atoms with Crippen molar-refractivity contribution in [3.63, 3.8) is 0 Å².